The Hall–Kier alpha value is -3.68. The van der Waals surface area contributed by atoms with Gasteiger partial charge in [0.1, 0.15) is 17.2 Å². The highest BCUT2D eigenvalue weighted by Crippen LogP contribution is 2.32. The predicted octanol–water partition coefficient (Wildman–Crippen LogP) is 2.68. The van der Waals surface area contributed by atoms with Crippen LogP contribution in [0.2, 0.25) is 0 Å². The SMILES string of the molecule is COc1ccc(NC(=O)C2=C(C)NC(=O)N[C@@H]2c2ccc(O)cc2)c(OC)c1. The topological polar surface area (TPSA) is 109 Å². The van der Waals surface area contributed by atoms with E-state index in [0.717, 1.165) is 0 Å². The lowest BCUT2D eigenvalue weighted by Crippen LogP contribution is -2.45. The summed E-state index contributed by atoms with van der Waals surface area (Å²) in [6, 6.07) is 10.3. The Morgan fingerprint density at radius 1 is 1.11 bits per heavy atom. The first-order valence-corrected chi connectivity index (χ1v) is 8.53. The van der Waals surface area contributed by atoms with Gasteiger partial charge in [0.2, 0.25) is 0 Å². The standard InChI is InChI=1S/C20H21N3O5/c1-11-17(18(23-20(26)21-11)12-4-6-13(24)7-5-12)19(25)22-15-9-8-14(27-2)10-16(15)28-3/h4-10,18,24H,1-3H3,(H,22,25)(H2,21,23,26)/t18-/m1/s1. The molecule has 1 atom stereocenters. The number of amides is 3. The fourth-order valence-corrected chi connectivity index (χ4v) is 3.00. The molecule has 0 bridgehead atoms. The van der Waals surface area contributed by atoms with Crippen LogP contribution in [-0.4, -0.2) is 31.3 Å². The van der Waals surface area contributed by atoms with E-state index in [1.54, 1.807) is 44.4 Å². The number of carbonyl (C=O) groups is 2. The van der Waals surface area contributed by atoms with Crippen LogP contribution in [-0.2, 0) is 4.79 Å². The molecular weight excluding hydrogens is 362 g/mol. The first-order chi connectivity index (χ1) is 13.4. The number of rotatable bonds is 5. The number of phenolic OH excluding ortho intramolecular Hbond substituents is 1. The summed E-state index contributed by atoms with van der Waals surface area (Å²) in [4.78, 5) is 25.0. The van der Waals surface area contributed by atoms with Gasteiger partial charge in [0.25, 0.3) is 5.91 Å². The number of urea groups is 1. The van der Waals surface area contributed by atoms with E-state index in [-0.39, 0.29) is 5.75 Å². The molecule has 8 heteroatoms. The van der Waals surface area contributed by atoms with E-state index in [2.05, 4.69) is 16.0 Å². The molecule has 8 nitrogen and oxygen atoms in total. The lowest BCUT2D eigenvalue weighted by atomic mass is 9.94. The Morgan fingerprint density at radius 2 is 1.82 bits per heavy atom. The van der Waals surface area contributed by atoms with E-state index in [1.165, 1.54) is 19.2 Å². The van der Waals surface area contributed by atoms with Gasteiger partial charge >= 0.3 is 6.03 Å². The molecule has 0 aliphatic carbocycles. The largest absolute Gasteiger partial charge is 0.508 e. The van der Waals surface area contributed by atoms with E-state index in [1.807, 2.05) is 0 Å². The van der Waals surface area contributed by atoms with Crippen LogP contribution in [0.25, 0.3) is 0 Å². The molecule has 0 saturated heterocycles. The molecule has 28 heavy (non-hydrogen) atoms. The van der Waals surface area contributed by atoms with Crippen LogP contribution >= 0.6 is 0 Å². The fraction of sp³-hybridized carbons (Fsp3) is 0.200. The molecule has 0 aromatic heterocycles. The maximum atomic E-state index is 13.1. The van der Waals surface area contributed by atoms with Gasteiger partial charge in [0.15, 0.2) is 0 Å². The highest BCUT2D eigenvalue weighted by atomic mass is 16.5. The average Bonchev–Trinajstić information content (AvgIpc) is 2.68. The first kappa shape index (κ1) is 19.1. The lowest BCUT2D eigenvalue weighted by Gasteiger charge is -2.28. The molecule has 2 aromatic carbocycles. The molecular formula is C20H21N3O5. The van der Waals surface area contributed by atoms with Crippen molar-refractivity contribution in [3.63, 3.8) is 0 Å². The van der Waals surface area contributed by atoms with Gasteiger partial charge in [-0.05, 0) is 36.8 Å². The number of aromatic hydroxyl groups is 1. The second-order valence-electron chi connectivity index (χ2n) is 6.18. The number of anilines is 1. The number of allylic oxidation sites excluding steroid dienone is 1. The third-order valence-corrected chi connectivity index (χ3v) is 4.40. The molecule has 1 aliphatic rings. The van der Waals surface area contributed by atoms with Crippen molar-refractivity contribution in [3.8, 4) is 17.2 Å². The summed E-state index contributed by atoms with van der Waals surface area (Å²) in [5.74, 6) is 0.740. The van der Waals surface area contributed by atoms with E-state index in [4.69, 9.17) is 9.47 Å². The molecule has 3 amide bonds. The molecule has 1 heterocycles. The van der Waals surface area contributed by atoms with Crippen LogP contribution in [0.5, 0.6) is 17.2 Å². The van der Waals surface area contributed by atoms with E-state index >= 15 is 0 Å². The number of methoxy groups -OCH3 is 2. The molecule has 0 fully saturated rings. The van der Waals surface area contributed by atoms with Crippen LogP contribution in [0.3, 0.4) is 0 Å². The zero-order valence-electron chi connectivity index (χ0n) is 15.7. The summed E-state index contributed by atoms with van der Waals surface area (Å²) in [6.07, 6.45) is 0. The first-order valence-electron chi connectivity index (χ1n) is 8.53. The molecule has 2 aromatic rings. The maximum Gasteiger partial charge on any atom is 0.319 e. The Morgan fingerprint density at radius 3 is 2.46 bits per heavy atom. The van der Waals surface area contributed by atoms with Crippen LogP contribution in [0.4, 0.5) is 10.5 Å². The van der Waals surface area contributed by atoms with E-state index in [0.29, 0.717) is 34.0 Å². The van der Waals surface area contributed by atoms with Gasteiger partial charge in [0, 0.05) is 11.8 Å². The van der Waals surface area contributed by atoms with Gasteiger partial charge in [-0.25, -0.2) is 4.79 Å². The maximum absolute atomic E-state index is 13.1. The summed E-state index contributed by atoms with van der Waals surface area (Å²) >= 11 is 0. The Balaban J connectivity index is 1.94. The minimum Gasteiger partial charge on any atom is -0.508 e. The minimum absolute atomic E-state index is 0.0960. The van der Waals surface area contributed by atoms with E-state index in [9.17, 15) is 14.7 Å². The van der Waals surface area contributed by atoms with Crippen molar-refractivity contribution in [1.82, 2.24) is 10.6 Å². The fourth-order valence-electron chi connectivity index (χ4n) is 3.00. The number of nitrogens with one attached hydrogen (secondary N) is 3. The van der Waals surface area contributed by atoms with E-state index < -0.39 is 18.0 Å². The van der Waals surface area contributed by atoms with Gasteiger partial charge in [-0.2, -0.15) is 0 Å². The predicted molar refractivity (Wildman–Crippen MR) is 103 cm³/mol. The van der Waals surface area contributed by atoms with Gasteiger partial charge in [0.05, 0.1) is 31.5 Å². The summed E-state index contributed by atoms with van der Waals surface area (Å²) in [5.41, 5.74) is 1.92. The number of hydrogen-bond donors (Lipinski definition) is 4. The summed E-state index contributed by atoms with van der Waals surface area (Å²) in [5, 5.41) is 17.7. The highest BCUT2D eigenvalue weighted by molar-refractivity contribution is 6.07. The van der Waals surface area contributed by atoms with Gasteiger partial charge < -0.3 is 30.5 Å². The number of carbonyl (C=O) groups excluding carboxylic acids is 2. The molecule has 1 aliphatic heterocycles. The van der Waals surface area contributed by atoms with Crippen LogP contribution in [0, 0.1) is 0 Å². The molecule has 0 unspecified atom stereocenters. The van der Waals surface area contributed by atoms with Crippen molar-refractivity contribution in [2.24, 2.45) is 0 Å². The van der Waals surface area contributed by atoms with Crippen molar-refractivity contribution in [1.29, 1.82) is 0 Å². The molecule has 3 rings (SSSR count). The highest BCUT2D eigenvalue weighted by Gasteiger charge is 2.31. The monoisotopic (exact) mass is 383 g/mol. The molecule has 0 spiro atoms. The third kappa shape index (κ3) is 3.85. The summed E-state index contributed by atoms with van der Waals surface area (Å²) in [6.45, 7) is 1.66. The average molecular weight is 383 g/mol. The number of phenols is 1. The van der Waals surface area contributed by atoms with Crippen molar-refractivity contribution >= 4 is 17.6 Å². The van der Waals surface area contributed by atoms with Crippen molar-refractivity contribution in [3.05, 3.63) is 59.3 Å². The van der Waals surface area contributed by atoms with Crippen molar-refractivity contribution in [2.75, 3.05) is 19.5 Å². The minimum atomic E-state index is -0.668. The zero-order valence-corrected chi connectivity index (χ0v) is 15.7. The third-order valence-electron chi connectivity index (χ3n) is 4.40. The molecule has 146 valence electrons. The zero-order chi connectivity index (χ0) is 20.3. The number of hydrogen-bond acceptors (Lipinski definition) is 5. The molecule has 4 N–H and O–H groups in total. The molecule has 0 saturated carbocycles. The van der Waals surface area contributed by atoms with Crippen molar-refractivity contribution in [2.45, 2.75) is 13.0 Å². The second-order valence-corrected chi connectivity index (χ2v) is 6.18. The van der Waals surface area contributed by atoms with Crippen LogP contribution < -0.4 is 25.4 Å². The van der Waals surface area contributed by atoms with Crippen molar-refractivity contribution < 1.29 is 24.2 Å². The Labute approximate surface area is 162 Å². The molecule has 0 radical (unpaired) electrons. The van der Waals surface area contributed by atoms with Crippen LogP contribution in [0.15, 0.2) is 53.7 Å². The van der Waals surface area contributed by atoms with Gasteiger partial charge in [-0.1, -0.05) is 12.1 Å². The van der Waals surface area contributed by atoms with Gasteiger partial charge in [-0.3, -0.25) is 4.79 Å². The Kier molecular flexibility index (Phi) is 5.39. The Bertz CT molecular complexity index is 937. The lowest BCUT2D eigenvalue weighted by molar-refractivity contribution is -0.113. The quantitative estimate of drug-likeness (QED) is 0.635. The smallest absolute Gasteiger partial charge is 0.319 e. The normalized spacial score (nSPS) is 16.1. The summed E-state index contributed by atoms with van der Waals surface area (Å²) in [7, 11) is 3.04. The van der Waals surface area contributed by atoms with Crippen LogP contribution in [0.1, 0.15) is 18.5 Å². The van der Waals surface area contributed by atoms with Gasteiger partial charge in [-0.15, -0.1) is 0 Å². The number of ether oxygens (including phenoxy) is 2. The second kappa shape index (κ2) is 7.91. The summed E-state index contributed by atoms with van der Waals surface area (Å²) < 4.78 is 10.5. The number of benzene rings is 2.